The maximum Gasteiger partial charge on any atom is 0.192 e. The van der Waals surface area contributed by atoms with E-state index in [0.717, 1.165) is 31.6 Å². The summed E-state index contributed by atoms with van der Waals surface area (Å²) in [7, 11) is -1.81. The number of hydrogen-bond donors (Lipinski definition) is 0. The van der Waals surface area contributed by atoms with Crippen LogP contribution in [0.3, 0.4) is 0 Å². The third-order valence-corrected chi connectivity index (χ3v) is 11.0. The number of pyridine rings is 1. The van der Waals surface area contributed by atoms with E-state index >= 15 is 0 Å². The van der Waals surface area contributed by atoms with Gasteiger partial charge in [-0.15, -0.1) is 0 Å². The van der Waals surface area contributed by atoms with E-state index in [1.54, 1.807) is 0 Å². The molecular formula is C24H40N2OSi. The van der Waals surface area contributed by atoms with E-state index in [1.807, 2.05) is 0 Å². The minimum absolute atomic E-state index is 0.213. The second kappa shape index (κ2) is 9.06. The second-order valence-corrected chi connectivity index (χ2v) is 14.1. The van der Waals surface area contributed by atoms with Crippen LogP contribution in [0.2, 0.25) is 18.1 Å². The molecule has 0 N–H and O–H groups in total. The number of para-hydroxylation sites is 1. The third kappa shape index (κ3) is 4.84. The Hall–Kier alpha value is -1.23. The molecule has 3 nitrogen and oxygen atoms in total. The first-order valence-electron chi connectivity index (χ1n) is 10.8. The van der Waals surface area contributed by atoms with Crippen molar-refractivity contribution in [2.24, 2.45) is 0 Å². The van der Waals surface area contributed by atoms with Gasteiger partial charge in [-0.25, -0.2) is 0 Å². The quantitative estimate of drug-likeness (QED) is 0.472. The van der Waals surface area contributed by atoms with E-state index in [4.69, 9.17) is 9.41 Å². The zero-order valence-electron chi connectivity index (χ0n) is 19.5. The highest BCUT2D eigenvalue weighted by atomic mass is 28.4. The van der Waals surface area contributed by atoms with Crippen molar-refractivity contribution in [1.82, 2.24) is 9.88 Å². The Morgan fingerprint density at radius 1 is 1.11 bits per heavy atom. The van der Waals surface area contributed by atoms with E-state index in [-0.39, 0.29) is 11.1 Å². The van der Waals surface area contributed by atoms with Crippen LogP contribution in [0.15, 0.2) is 24.3 Å². The molecule has 1 atom stereocenters. The third-order valence-electron chi connectivity index (χ3n) is 6.53. The van der Waals surface area contributed by atoms with Crippen molar-refractivity contribution in [2.45, 2.75) is 79.1 Å². The smallest absolute Gasteiger partial charge is 0.192 e. The molecule has 0 radical (unpaired) electrons. The molecule has 2 rings (SSSR count). The highest BCUT2D eigenvalue weighted by Gasteiger charge is 2.38. The van der Waals surface area contributed by atoms with Gasteiger partial charge >= 0.3 is 0 Å². The maximum absolute atomic E-state index is 6.69. The number of nitrogens with zero attached hydrogens (tertiary/aromatic N) is 2. The molecule has 0 saturated carbocycles. The Balaban J connectivity index is 2.52. The predicted molar refractivity (Wildman–Crippen MR) is 125 cm³/mol. The molecule has 0 aliphatic carbocycles. The molecule has 1 aromatic heterocycles. The number of benzene rings is 1. The van der Waals surface area contributed by atoms with Crippen LogP contribution in [-0.4, -0.2) is 37.9 Å². The molecule has 0 amide bonds. The second-order valence-electron chi connectivity index (χ2n) is 9.33. The molecule has 0 fully saturated rings. The average Bonchev–Trinajstić information content (AvgIpc) is 2.63. The lowest BCUT2D eigenvalue weighted by atomic mass is 9.99. The van der Waals surface area contributed by atoms with Gasteiger partial charge in [0.25, 0.3) is 0 Å². The van der Waals surface area contributed by atoms with E-state index in [0.29, 0.717) is 0 Å². The monoisotopic (exact) mass is 400 g/mol. The number of fused-ring (bicyclic) bond motifs is 1. The summed E-state index contributed by atoms with van der Waals surface area (Å²) in [6, 6.07) is 9.13. The maximum atomic E-state index is 6.69. The summed E-state index contributed by atoms with van der Waals surface area (Å²) in [5.41, 5.74) is 4.92. The van der Waals surface area contributed by atoms with Crippen molar-refractivity contribution in [2.75, 3.05) is 19.7 Å². The number of aryl methyl sites for hydroxylation is 2. The molecule has 0 aliphatic rings. The van der Waals surface area contributed by atoms with Gasteiger partial charge in [-0.3, -0.25) is 9.88 Å². The van der Waals surface area contributed by atoms with Crippen molar-refractivity contribution in [3.05, 3.63) is 41.1 Å². The van der Waals surface area contributed by atoms with E-state index in [9.17, 15) is 0 Å². The van der Waals surface area contributed by atoms with Gasteiger partial charge in [0.1, 0.15) is 0 Å². The van der Waals surface area contributed by atoms with Crippen LogP contribution in [0.25, 0.3) is 10.9 Å². The van der Waals surface area contributed by atoms with Gasteiger partial charge in [0.2, 0.25) is 0 Å². The minimum atomic E-state index is -1.81. The van der Waals surface area contributed by atoms with Crippen molar-refractivity contribution in [3.63, 3.8) is 0 Å². The van der Waals surface area contributed by atoms with Crippen LogP contribution in [0, 0.1) is 6.92 Å². The normalized spacial score (nSPS) is 14.1. The number of aromatic nitrogens is 1. The summed E-state index contributed by atoms with van der Waals surface area (Å²) >= 11 is 0. The molecule has 0 unspecified atom stereocenters. The van der Waals surface area contributed by atoms with Gasteiger partial charge in [0, 0.05) is 11.1 Å². The highest BCUT2D eigenvalue weighted by molar-refractivity contribution is 6.74. The first-order chi connectivity index (χ1) is 13.1. The zero-order valence-corrected chi connectivity index (χ0v) is 20.5. The Labute approximate surface area is 173 Å². The summed E-state index contributed by atoms with van der Waals surface area (Å²) in [6.45, 7) is 23.2. The minimum Gasteiger partial charge on any atom is -0.415 e. The zero-order chi connectivity index (χ0) is 21.1. The molecule has 156 valence electrons. The molecular weight excluding hydrogens is 360 g/mol. The van der Waals surface area contributed by atoms with Crippen LogP contribution in [0.4, 0.5) is 0 Å². The molecule has 28 heavy (non-hydrogen) atoms. The summed E-state index contributed by atoms with van der Waals surface area (Å²) < 4.78 is 6.69. The fourth-order valence-electron chi connectivity index (χ4n) is 3.55. The Morgan fingerprint density at radius 3 is 2.29 bits per heavy atom. The van der Waals surface area contributed by atoms with Crippen LogP contribution in [0.1, 0.15) is 64.4 Å². The van der Waals surface area contributed by atoms with Gasteiger partial charge in [-0.1, -0.05) is 59.7 Å². The molecule has 1 heterocycles. The molecule has 0 aliphatic heterocycles. The predicted octanol–water partition coefficient (Wildman–Crippen LogP) is 6.51. The standard InChI is InChI=1S/C24H40N2OSi/c1-10-21-18(4)16-19-14-13-15-20(23(19)25-21)22(26(11-2)12-3)17-27-28(8,9)24(5,6)7/h13-16,22H,10-12,17H2,1-9H3/t22-/m0/s1. The average molecular weight is 401 g/mol. The van der Waals surface area contributed by atoms with Crippen molar-refractivity contribution in [1.29, 1.82) is 0 Å². The van der Waals surface area contributed by atoms with Gasteiger partial charge in [-0.05, 0) is 61.8 Å². The van der Waals surface area contributed by atoms with Crippen LogP contribution >= 0.6 is 0 Å². The summed E-state index contributed by atoms with van der Waals surface area (Å²) in [5.74, 6) is 0. The Bertz CT molecular complexity index is 791. The first kappa shape index (κ1) is 23.0. The number of rotatable bonds is 8. The first-order valence-corrected chi connectivity index (χ1v) is 13.7. The fourth-order valence-corrected chi connectivity index (χ4v) is 4.56. The summed E-state index contributed by atoms with van der Waals surface area (Å²) in [4.78, 5) is 7.60. The van der Waals surface area contributed by atoms with Gasteiger partial charge in [0.15, 0.2) is 8.32 Å². The van der Waals surface area contributed by atoms with Crippen molar-refractivity contribution >= 4 is 19.2 Å². The topological polar surface area (TPSA) is 25.4 Å². The number of likely N-dealkylation sites (N-methyl/N-ethyl adjacent to an activating group) is 1. The summed E-state index contributed by atoms with van der Waals surface area (Å²) in [5, 5.41) is 1.45. The molecule has 0 spiro atoms. The molecule has 0 saturated heterocycles. The molecule has 4 heteroatoms. The molecule has 1 aromatic carbocycles. The van der Waals surface area contributed by atoms with E-state index in [2.05, 4.69) is 90.7 Å². The lowest BCUT2D eigenvalue weighted by Crippen LogP contribution is -2.43. The Kier molecular flexibility index (Phi) is 7.46. The molecule has 0 bridgehead atoms. The van der Waals surface area contributed by atoms with Crippen molar-refractivity contribution in [3.8, 4) is 0 Å². The Morgan fingerprint density at radius 2 is 1.75 bits per heavy atom. The van der Waals surface area contributed by atoms with Gasteiger partial charge < -0.3 is 4.43 Å². The van der Waals surface area contributed by atoms with Crippen LogP contribution in [0.5, 0.6) is 0 Å². The van der Waals surface area contributed by atoms with Gasteiger partial charge in [-0.2, -0.15) is 0 Å². The SMILES string of the molecule is CCc1nc2c([C@H](CO[Si](C)(C)C(C)(C)C)N(CC)CC)cccc2cc1C. The fraction of sp³-hybridized carbons (Fsp3) is 0.625. The van der Waals surface area contributed by atoms with Crippen molar-refractivity contribution < 1.29 is 4.43 Å². The largest absolute Gasteiger partial charge is 0.415 e. The highest BCUT2D eigenvalue weighted by Crippen LogP contribution is 2.38. The lowest BCUT2D eigenvalue weighted by Gasteiger charge is -2.39. The van der Waals surface area contributed by atoms with Gasteiger partial charge in [0.05, 0.1) is 18.2 Å². The van der Waals surface area contributed by atoms with E-state index in [1.165, 1.54) is 22.2 Å². The lowest BCUT2D eigenvalue weighted by molar-refractivity contribution is 0.138. The van der Waals surface area contributed by atoms with Crippen LogP contribution in [-0.2, 0) is 10.8 Å². The number of hydrogen-bond acceptors (Lipinski definition) is 3. The van der Waals surface area contributed by atoms with Crippen LogP contribution < -0.4 is 0 Å². The molecule has 2 aromatic rings. The summed E-state index contributed by atoms with van der Waals surface area (Å²) in [6.07, 6.45) is 0.965. The van der Waals surface area contributed by atoms with E-state index < -0.39 is 8.32 Å².